The van der Waals surface area contributed by atoms with Crippen LogP contribution in [-0.4, -0.2) is 37.1 Å². The Morgan fingerprint density at radius 1 is 0.889 bits per heavy atom. The fourth-order valence-corrected chi connectivity index (χ4v) is 4.43. The molecule has 2 heteroatoms. The van der Waals surface area contributed by atoms with Gasteiger partial charge in [0.2, 0.25) is 0 Å². The van der Waals surface area contributed by atoms with Gasteiger partial charge in [0.1, 0.15) is 0 Å². The van der Waals surface area contributed by atoms with Gasteiger partial charge in [-0.2, -0.15) is 0 Å². The molecule has 2 saturated heterocycles. The molecule has 3 rings (SSSR count). The van der Waals surface area contributed by atoms with Gasteiger partial charge in [0.25, 0.3) is 0 Å². The van der Waals surface area contributed by atoms with Crippen molar-refractivity contribution in [3.63, 3.8) is 0 Å². The van der Waals surface area contributed by atoms with Crippen LogP contribution in [0.1, 0.15) is 58.3 Å². The average Bonchev–Trinajstić information content (AvgIpc) is 2.42. The summed E-state index contributed by atoms with van der Waals surface area (Å²) in [6.45, 7) is 7.73. The van der Waals surface area contributed by atoms with Crippen LogP contribution in [0.15, 0.2) is 0 Å². The first-order chi connectivity index (χ1) is 8.77. The van der Waals surface area contributed by atoms with Gasteiger partial charge in [-0.3, -0.25) is 0 Å². The van der Waals surface area contributed by atoms with Crippen molar-refractivity contribution < 1.29 is 0 Å². The van der Waals surface area contributed by atoms with Gasteiger partial charge in [-0.25, -0.2) is 0 Å². The van der Waals surface area contributed by atoms with Crippen molar-refractivity contribution in [3.05, 3.63) is 0 Å². The molecule has 0 atom stereocenters. The smallest absolute Gasteiger partial charge is 0.00954 e. The van der Waals surface area contributed by atoms with Gasteiger partial charge in [-0.05, 0) is 88.9 Å². The van der Waals surface area contributed by atoms with Crippen molar-refractivity contribution >= 4 is 0 Å². The molecule has 3 aliphatic rings. The minimum Gasteiger partial charge on any atom is -0.317 e. The van der Waals surface area contributed by atoms with Crippen LogP contribution in [0, 0.1) is 11.3 Å². The molecule has 0 aromatic rings. The first-order valence-corrected chi connectivity index (χ1v) is 8.22. The zero-order valence-corrected chi connectivity index (χ0v) is 12.1. The average molecular weight is 250 g/mol. The van der Waals surface area contributed by atoms with Crippen LogP contribution >= 0.6 is 0 Å². The molecule has 104 valence electrons. The molecule has 1 spiro atoms. The minimum atomic E-state index is 0.726. The minimum absolute atomic E-state index is 0.726. The van der Waals surface area contributed by atoms with Crippen molar-refractivity contribution in [1.82, 2.24) is 10.2 Å². The lowest BCUT2D eigenvalue weighted by Crippen LogP contribution is -2.49. The van der Waals surface area contributed by atoms with E-state index in [1.54, 1.807) is 0 Å². The molecule has 3 fully saturated rings. The predicted octanol–water partition coefficient (Wildman–Crippen LogP) is 3.03. The van der Waals surface area contributed by atoms with Crippen LogP contribution in [0.25, 0.3) is 0 Å². The summed E-state index contributed by atoms with van der Waals surface area (Å²) in [5.74, 6) is 0.988. The number of rotatable bonds is 1. The van der Waals surface area contributed by atoms with E-state index in [0.29, 0.717) is 0 Å². The van der Waals surface area contributed by atoms with Crippen molar-refractivity contribution in [1.29, 1.82) is 0 Å². The molecule has 1 saturated carbocycles. The van der Waals surface area contributed by atoms with E-state index in [2.05, 4.69) is 17.1 Å². The molecule has 18 heavy (non-hydrogen) atoms. The molecular formula is C16H30N2. The van der Waals surface area contributed by atoms with E-state index in [9.17, 15) is 0 Å². The van der Waals surface area contributed by atoms with Crippen molar-refractivity contribution in [2.24, 2.45) is 11.3 Å². The Labute approximate surface area is 113 Å². The monoisotopic (exact) mass is 250 g/mol. The highest BCUT2D eigenvalue weighted by Gasteiger charge is 2.37. The van der Waals surface area contributed by atoms with Gasteiger partial charge >= 0.3 is 0 Å². The highest BCUT2D eigenvalue weighted by Crippen LogP contribution is 2.41. The standard InChI is InChI=1S/C16H30N2/c1-14-2-4-15(5-3-14)18-12-8-16(9-13-18)6-10-17-11-7-16/h14-15,17H,2-13H2,1H3. The van der Waals surface area contributed by atoms with Gasteiger partial charge in [-0.1, -0.05) is 6.92 Å². The van der Waals surface area contributed by atoms with Crippen LogP contribution in [0.5, 0.6) is 0 Å². The van der Waals surface area contributed by atoms with Gasteiger partial charge < -0.3 is 10.2 Å². The molecule has 2 heterocycles. The van der Waals surface area contributed by atoms with E-state index in [1.165, 1.54) is 77.5 Å². The Morgan fingerprint density at radius 2 is 1.50 bits per heavy atom. The normalized spacial score (nSPS) is 37.8. The molecule has 0 radical (unpaired) electrons. The quantitative estimate of drug-likeness (QED) is 0.769. The topological polar surface area (TPSA) is 15.3 Å². The number of nitrogens with zero attached hydrogens (tertiary/aromatic N) is 1. The molecule has 2 nitrogen and oxygen atoms in total. The fourth-order valence-electron chi connectivity index (χ4n) is 4.43. The zero-order chi connectivity index (χ0) is 12.4. The summed E-state index contributed by atoms with van der Waals surface area (Å²) < 4.78 is 0. The maximum Gasteiger partial charge on any atom is 0.00954 e. The van der Waals surface area contributed by atoms with E-state index >= 15 is 0 Å². The van der Waals surface area contributed by atoms with Gasteiger partial charge in [0, 0.05) is 6.04 Å². The molecule has 2 aliphatic heterocycles. The number of hydrogen-bond donors (Lipinski definition) is 1. The molecular weight excluding hydrogens is 220 g/mol. The SMILES string of the molecule is CC1CCC(N2CCC3(CCNCC3)CC2)CC1. The zero-order valence-electron chi connectivity index (χ0n) is 12.1. The first-order valence-electron chi connectivity index (χ1n) is 8.22. The van der Waals surface area contributed by atoms with E-state index in [1.807, 2.05) is 0 Å². The van der Waals surface area contributed by atoms with Gasteiger partial charge in [-0.15, -0.1) is 0 Å². The highest BCUT2D eigenvalue weighted by atomic mass is 15.2. The second-order valence-electron chi connectivity index (χ2n) is 7.20. The van der Waals surface area contributed by atoms with Gasteiger partial charge in [0.15, 0.2) is 0 Å². The Balaban J connectivity index is 1.50. The molecule has 1 aliphatic carbocycles. The summed E-state index contributed by atoms with van der Waals surface area (Å²) in [7, 11) is 0. The summed E-state index contributed by atoms with van der Waals surface area (Å²) >= 11 is 0. The van der Waals surface area contributed by atoms with Crippen LogP contribution in [-0.2, 0) is 0 Å². The summed E-state index contributed by atoms with van der Waals surface area (Å²) in [5.41, 5.74) is 0.726. The lowest BCUT2D eigenvalue weighted by Gasteiger charge is -2.47. The van der Waals surface area contributed by atoms with Crippen molar-refractivity contribution in [2.75, 3.05) is 26.2 Å². The Morgan fingerprint density at radius 3 is 2.11 bits per heavy atom. The Kier molecular flexibility index (Phi) is 3.95. The second kappa shape index (κ2) is 5.50. The van der Waals surface area contributed by atoms with Crippen LogP contribution < -0.4 is 5.32 Å². The summed E-state index contributed by atoms with van der Waals surface area (Å²) in [6.07, 6.45) is 11.7. The lowest BCUT2D eigenvalue weighted by molar-refractivity contribution is 0.0354. The van der Waals surface area contributed by atoms with Gasteiger partial charge in [0.05, 0.1) is 0 Å². The van der Waals surface area contributed by atoms with Crippen LogP contribution in [0.2, 0.25) is 0 Å². The Hall–Kier alpha value is -0.0800. The summed E-state index contributed by atoms with van der Waals surface area (Å²) in [5, 5.41) is 3.52. The molecule has 1 N–H and O–H groups in total. The largest absolute Gasteiger partial charge is 0.317 e. The molecule has 0 unspecified atom stereocenters. The summed E-state index contributed by atoms with van der Waals surface area (Å²) in [6, 6.07) is 0.931. The first kappa shape index (κ1) is 12.9. The van der Waals surface area contributed by atoms with E-state index in [-0.39, 0.29) is 0 Å². The third-order valence-corrected chi connectivity index (χ3v) is 6.02. The van der Waals surface area contributed by atoms with Crippen molar-refractivity contribution in [2.45, 2.75) is 64.3 Å². The highest BCUT2D eigenvalue weighted by molar-refractivity contribution is 4.91. The number of piperidine rings is 2. The Bertz CT molecular complexity index is 252. The maximum atomic E-state index is 3.52. The fraction of sp³-hybridized carbons (Fsp3) is 1.00. The lowest BCUT2D eigenvalue weighted by atomic mass is 9.71. The van der Waals surface area contributed by atoms with E-state index in [4.69, 9.17) is 0 Å². The van der Waals surface area contributed by atoms with Crippen LogP contribution in [0.4, 0.5) is 0 Å². The van der Waals surface area contributed by atoms with Crippen LogP contribution in [0.3, 0.4) is 0 Å². The number of likely N-dealkylation sites (tertiary alicyclic amines) is 1. The second-order valence-corrected chi connectivity index (χ2v) is 7.20. The molecule has 0 amide bonds. The molecule has 0 aromatic carbocycles. The third kappa shape index (κ3) is 2.75. The van der Waals surface area contributed by atoms with E-state index < -0.39 is 0 Å². The number of nitrogens with one attached hydrogen (secondary N) is 1. The maximum absolute atomic E-state index is 3.52. The van der Waals surface area contributed by atoms with E-state index in [0.717, 1.165) is 17.4 Å². The molecule has 0 bridgehead atoms. The predicted molar refractivity (Wildman–Crippen MR) is 76.8 cm³/mol. The van der Waals surface area contributed by atoms with Crippen molar-refractivity contribution in [3.8, 4) is 0 Å². The molecule has 0 aromatic heterocycles. The number of hydrogen-bond acceptors (Lipinski definition) is 2. The third-order valence-electron chi connectivity index (χ3n) is 6.02. The summed E-state index contributed by atoms with van der Waals surface area (Å²) in [4.78, 5) is 2.83.